The maximum Gasteiger partial charge on any atom is 0.262 e. The van der Waals surface area contributed by atoms with E-state index in [0.717, 1.165) is 23.4 Å². The van der Waals surface area contributed by atoms with Gasteiger partial charge in [0.15, 0.2) is 5.76 Å². The normalized spacial score (nSPS) is 10.9. The third-order valence-electron chi connectivity index (χ3n) is 4.18. The van der Waals surface area contributed by atoms with Gasteiger partial charge < -0.3 is 14.8 Å². The largest absolute Gasteiger partial charge is 0.354 e. The molecule has 4 rings (SSSR count). The highest BCUT2D eigenvalue weighted by Crippen LogP contribution is 2.26. The molecule has 0 amide bonds. The zero-order chi connectivity index (χ0) is 19.5. The molecule has 140 valence electrons. The van der Waals surface area contributed by atoms with E-state index in [4.69, 9.17) is 4.52 Å². The van der Waals surface area contributed by atoms with E-state index in [2.05, 4.69) is 53.5 Å². The van der Waals surface area contributed by atoms with E-state index in [0.29, 0.717) is 21.6 Å². The van der Waals surface area contributed by atoms with Crippen molar-refractivity contribution in [1.82, 2.24) is 25.4 Å². The van der Waals surface area contributed by atoms with Crippen molar-refractivity contribution in [3.8, 4) is 34.0 Å². The van der Waals surface area contributed by atoms with Crippen molar-refractivity contribution in [1.29, 1.82) is 0 Å². The zero-order valence-corrected chi connectivity index (χ0v) is 16.5. The summed E-state index contributed by atoms with van der Waals surface area (Å²) in [4.78, 5) is 23.0. The summed E-state index contributed by atoms with van der Waals surface area (Å²) in [7, 11) is 1.92. The maximum absolute atomic E-state index is 11.5. The summed E-state index contributed by atoms with van der Waals surface area (Å²) in [6.45, 7) is 0.813. The quantitative estimate of drug-likeness (QED) is 0.494. The second-order valence-corrected chi connectivity index (χ2v) is 7.01. The maximum atomic E-state index is 11.5. The van der Waals surface area contributed by atoms with Crippen LogP contribution in [0, 0.1) is 0 Å². The Bertz CT molecular complexity index is 1170. The fourth-order valence-corrected chi connectivity index (χ4v) is 3.12. The Morgan fingerprint density at radius 1 is 1.07 bits per heavy atom. The van der Waals surface area contributed by atoms with E-state index >= 15 is 0 Å². The molecule has 3 aromatic heterocycles. The van der Waals surface area contributed by atoms with Gasteiger partial charge in [-0.25, -0.2) is 4.98 Å². The van der Waals surface area contributed by atoms with E-state index in [-0.39, 0.29) is 5.56 Å². The first-order valence-corrected chi connectivity index (χ1v) is 9.35. The molecule has 0 radical (unpaired) electrons. The number of benzene rings is 1. The highest BCUT2D eigenvalue weighted by atomic mass is 79.9. The van der Waals surface area contributed by atoms with Crippen molar-refractivity contribution < 1.29 is 4.52 Å². The number of rotatable bonds is 5. The van der Waals surface area contributed by atoms with Gasteiger partial charge in [0.05, 0.1) is 22.6 Å². The molecule has 0 atom stereocenters. The number of pyridine rings is 1. The van der Waals surface area contributed by atoms with Gasteiger partial charge in [0.1, 0.15) is 11.4 Å². The lowest BCUT2D eigenvalue weighted by atomic mass is 10.1. The molecule has 3 heterocycles. The number of nitrogens with one attached hydrogen (secondary N) is 2. The average Bonchev–Trinajstić information content (AvgIpc) is 3.21. The van der Waals surface area contributed by atoms with Crippen LogP contribution in [0.2, 0.25) is 0 Å². The fraction of sp³-hybridized carbons (Fsp3) is 0.100. The van der Waals surface area contributed by atoms with Crippen LogP contribution < -0.4 is 10.9 Å². The smallest absolute Gasteiger partial charge is 0.262 e. The molecule has 4 aromatic rings. The Labute approximate surface area is 169 Å². The van der Waals surface area contributed by atoms with Crippen molar-refractivity contribution in [2.45, 2.75) is 6.54 Å². The second-order valence-electron chi connectivity index (χ2n) is 6.16. The molecule has 0 saturated heterocycles. The summed E-state index contributed by atoms with van der Waals surface area (Å²) in [5, 5.41) is 7.28. The second kappa shape index (κ2) is 7.87. The van der Waals surface area contributed by atoms with Gasteiger partial charge in [0, 0.05) is 29.9 Å². The summed E-state index contributed by atoms with van der Waals surface area (Å²) in [6, 6.07) is 11.7. The Morgan fingerprint density at radius 3 is 2.61 bits per heavy atom. The van der Waals surface area contributed by atoms with Gasteiger partial charge in [-0.15, -0.1) is 0 Å². The molecule has 0 unspecified atom stereocenters. The van der Waals surface area contributed by atoms with Gasteiger partial charge in [-0.05, 0) is 34.6 Å². The van der Waals surface area contributed by atoms with Gasteiger partial charge in [0.25, 0.3) is 5.56 Å². The zero-order valence-electron chi connectivity index (χ0n) is 14.9. The van der Waals surface area contributed by atoms with Crippen LogP contribution in [0.15, 0.2) is 68.8 Å². The van der Waals surface area contributed by atoms with Gasteiger partial charge in [0.2, 0.25) is 0 Å². The predicted octanol–water partition coefficient (Wildman–Crippen LogP) is 3.64. The molecule has 2 N–H and O–H groups in total. The summed E-state index contributed by atoms with van der Waals surface area (Å²) in [5.74, 6) is 0.521. The van der Waals surface area contributed by atoms with E-state index in [1.54, 1.807) is 24.7 Å². The van der Waals surface area contributed by atoms with Crippen LogP contribution in [-0.2, 0) is 6.54 Å². The fourth-order valence-electron chi connectivity index (χ4n) is 2.76. The van der Waals surface area contributed by atoms with Gasteiger partial charge in [-0.3, -0.25) is 9.78 Å². The van der Waals surface area contributed by atoms with Crippen molar-refractivity contribution in [2.75, 3.05) is 7.05 Å². The van der Waals surface area contributed by atoms with E-state index in [1.165, 1.54) is 5.56 Å². The number of hydrogen-bond donors (Lipinski definition) is 2. The van der Waals surface area contributed by atoms with Gasteiger partial charge >= 0.3 is 0 Å². The van der Waals surface area contributed by atoms with Crippen LogP contribution in [0.3, 0.4) is 0 Å². The van der Waals surface area contributed by atoms with E-state index in [9.17, 15) is 4.79 Å². The van der Waals surface area contributed by atoms with Crippen LogP contribution in [0.4, 0.5) is 0 Å². The lowest BCUT2D eigenvalue weighted by Gasteiger charge is -2.02. The number of aromatic amines is 1. The van der Waals surface area contributed by atoms with Gasteiger partial charge in [-0.1, -0.05) is 29.4 Å². The van der Waals surface area contributed by atoms with Crippen molar-refractivity contribution in [2.24, 2.45) is 0 Å². The first kappa shape index (κ1) is 18.3. The molecular formula is C20H16BrN5O2. The van der Waals surface area contributed by atoms with Crippen molar-refractivity contribution >= 4 is 15.9 Å². The van der Waals surface area contributed by atoms with Crippen molar-refractivity contribution in [3.63, 3.8) is 0 Å². The van der Waals surface area contributed by atoms with Crippen molar-refractivity contribution in [3.05, 3.63) is 75.4 Å². The minimum atomic E-state index is -0.200. The first-order valence-electron chi connectivity index (χ1n) is 8.55. The van der Waals surface area contributed by atoms with Crippen LogP contribution in [0.25, 0.3) is 34.0 Å². The van der Waals surface area contributed by atoms with Crippen LogP contribution >= 0.6 is 15.9 Å². The third-order valence-corrected chi connectivity index (χ3v) is 4.77. The molecule has 0 fully saturated rings. The number of hydrogen-bond acceptors (Lipinski definition) is 6. The molecule has 1 aromatic carbocycles. The predicted molar refractivity (Wildman–Crippen MR) is 109 cm³/mol. The summed E-state index contributed by atoms with van der Waals surface area (Å²) < 4.78 is 5.92. The highest BCUT2D eigenvalue weighted by molar-refractivity contribution is 9.10. The molecule has 28 heavy (non-hydrogen) atoms. The number of nitrogens with zero attached hydrogens (tertiary/aromatic N) is 3. The number of halogens is 1. The average molecular weight is 438 g/mol. The Morgan fingerprint density at radius 2 is 1.86 bits per heavy atom. The highest BCUT2D eigenvalue weighted by Gasteiger charge is 2.12. The standard InChI is InChI=1S/C20H16BrN5O2/c1-22-8-12-2-4-13(5-3-12)16-7-19(28-26-16)18-11-23-10-17(25-18)14-6-15(21)20(27)24-9-14/h2-7,9-11,22H,8H2,1H3,(H,24,27). The first-order chi connectivity index (χ1) is 13.6. The molecule has 0 spiro atoms. The monoisotopic (exact) mass is 437 g/mol. The van der Waals surface area contributed by atoms with E-state index in [1.807, 2.05) is 25.2 Å². The number of H-pyrrole nitrogens is 1. The molecule has 0 aliphatic carbocycles. The van der Waals surface area contributed by atoms with Crippen LogP contribution in [0.5, 0.6) is 0 Å². The number of aromatic nitrogens is 4. The molecule has 0 bridgehead atoms. The Balaban J connectivity index is 1.63. The Kier molecular flexibility index (Phi) is 5.14. The molecular weight excluding hydrogens is 422 g/mol. The lowest BCUT2D eigenvalue weighted by molar-refractivity contribution is 0.433. The molecule has 0 aliphatic heterocycles. The molecule has 0 aliphatic rings. The topological polar surface area (TPSA) is 96.7 Å². The summed E-state index contributed by atoms with van der Waals surface area (Å²) in [6.07, 6.45) is 4.84. The minimum Gasteiger partial charge on any atom is -0.354 e. The summed E-state index contributed by atoms with van der Waals surface area (Å²) >= 11 is 3.23. The SMILES string of the molecule is CNCc1ccc(-c2cc(-c3cncc(-c4c[nH]c(=O)c(Br)c4)n3)on2)cc1. The minimum absolute atomic E-state index is 0.200. The van der Waals surface area contributed by atoms with Crippen LogP contribution in [0.1, 0.15) is 5.56 Å². The summed E-state index contributed by atoms with van der Waals surface area (Å²) in [5.41, 5.74) is 4.59. The third kappa shape index (κ3) is 3.78. The lowest BCUT2D eigenvalue weighted by Crippen LogP contribution is -2.05. The molecule has 8 heteroatoms. The van der Waals surface area contributed by atoms with Crippen LogP contribution in [-0.4, -0.2) is 27.2 Å². The Hall–Kier alpha value is -3.10. The molecule has 7 nitrogen and oxygen atoms in total. The van der Waals surface area contributed by atoms with Gasteiger partial charge in [-0.2, -0.15) is 0 Å². The van der Waals surface area contributed by atoms with E-state index < -0.39 is 0 Å². The molecule has 0 saturated carbocycles.